The van der Waals surface area contributed by atoms with E-state index < -0.39 is 17.7 Å². The Morgan fingerprint density at radius 3 is 2.67 bits per heavy atom. The molecule has 5 heteroatoms. The van der Waals surface area contributed by atoms with Crippen LogP contribution in [0.25, 0.3) is 0 Å². The van der Waals surface area contributed by atoms with Crippen molar-refractivity contribution in [2.75, 3.05) is 6.61 Å². The molecule has 0 amide bonds. The average Bonchev–Trinajstić information content (AvgIpc) is 2.89. The van der Waals surface area contributed by atoms with Crippen LogP contribution in [0, 0.1) is 18.6 Å². The van der Waals surface area contributed by atoms with Gasteiger partial charge in [-0.1, -0.05) is 15.9 Å². The molecule has 2 aromatic carbocycles. The van der Waals surface area contributed by atoms with Crippen LogP contribution >= 0.6 is 15.9 Å². The van der Waals surface area contributed by atoms with Crippen LogP contribution in [-0.2, 0) is 6.42 Å². The Morgan fingerprint density at radius 2 is 1.90 bits per heavy atom. The minimum atomic E-state index is -1.20. The highest BCUT2D eigenvalue weighted by Gasteiger charge is 2.25. The quantitative estimate of drug-likeness (QED) is 0.881. The molecule has 0 bridgehead atoms. The molecule has 0 aliphatic carbocycles. The van der Waals surface area contributed by atoms with E-state index in [1.54, 1.807) is 6.07 Å². The van der Waals surface area contributed by atoms with Crippen molar-refractivity contribution in [1.29, 1.82) is 0 Å². The molecule has 1 aliphatic heterocycles. The molecule has 1 N–H and O–H groups in total. The van der Waals surface area contributed by atoms with Crippen molar-refractivity contribution < 1.29 is 18.6 Å². The van der Waals surface area contributed by atoms with Crippen LogP contribution in [0.4, 0.5) is 8.78 Å². The SMILES string of the molecule is Cc1cc(C(O)c2cc(Br)cc3c2OCC3)c(F)cc1F. The van der Waals surface area contributed by atoms with Gasteiger partial charge in [-0.3, -0.25) is 0 Å². The predicted molar refractivity (Wildman–Crippen MR) is 78.5 cm³/mol. The van der Waals surface area contributed by atoms with Gasteiger partial charge in [0.25, 0.3) is 0 Å². The lowest BCUT2D eigenvalue weighted by atomic mass is 9.96. The second-order valence-electron chi connectivity index (χ2n) is 5.11. The standard InChI is InChI=1S/C16H13BrF2O2/c1-8-4-11(14(19)7-13(8)18)15(20)12-6-10(17)5-9-2-3-21-16(9)12/h4-7,15,20H,2-3H2,1H3. The summed E-state index contributed by atoms with van der Waals surface area (Å²) in [5.74, 6) is -0.802. The lowest BCUT2D eigenvalue weighted by molar-refractivity contribution is 0.208. The first kappa shape index (κ1) is 14.5. The number of halogens is 3. The van der Waals surface area contributed by atoms with Crippen molar-refractivity contribution in [3.8, 4) is 5.75 Å². The Hall–Kier alpha value is -1.46. The molecule has 0 saturated heterocycles. The van der Waals surface area contributed by atoms with Gasteiger partial charge in [-0.15, -0.1) is 0 Å². The van der Waals surface area contributed by atoms with Gasteiger partial charge in [-0.25, -0.2) is 8.78 Å². The molecule has 1 aliphatic rings. The molecular weight excluding hydrogens is 342 g/mol. The largest absolute Gasteiger partial charge is 0.493 e. The highest BCUT2D eigenvalue weighted by molar-refractivity contribution is 9.10. The van der Waals surface area contributed by atoms with Crippen molar-refractivity contribution in [3.05, 3.63) is 62.6 Å². The monoisotopic (exact) mass is 354 g/mol. The summed E-state index contributed by atoms with van der Waals surface area (Å²) in [5.41, 5.74) is 1.79. The molecule has 0 aromatic heterocycles. The van der Waals surface area contributed by atoms with Gasteiger partial charge in [0, 0.05) is 28.1 Å². The van der Waals surface area contributed by atoms with Gasteiger partial charge in [0.15, 0.2) is 0 Å². The average molecular weight is 355 g/mol. The summed E-state index contributed by atoms with van der Waals surface area (Å²) < 4.78 is 33.7. The van der Waals surface area contributed by atoms with E-state index in [4.69, 9.17) is 4.74 Å². The van der Waals surface area contributed by atoms with Gasteiger partial charge >= 0.3 is 0 Å². The number of fused-ring (bicyclic) bond motifs is 1. The number of aryl methyl sites for hydroxylation is 1. The van der Waals surface area contributed by atoms with E-state index in [-0.39, 0.29) is 11.1 Å². The molecule has 0 radical (unpaired) electrons. The Labute approximate surface area is 129 Å². The molecule has 1 atom stereocenters. The van der Waals surface area contributed by atoms with Gasteiger partial charge in [0.2, 0.25) is 0 Å². The van der Waals surface area contributed by atoms with E-state index in [0.717, 1.165) is 22.5 Å². The van der Waals surface area contributed by atoms with Gasteiger partial charge in [-0.2, -0.15) is 0 Å². The van der Waals surface area contributed by atoms with Crippen molar-refractivity contribution in [3.63, 3.8) is 0 Å². The molecule has 2 nitrogen and oxygen atoms in total. The first-order valence-electron chi connectivity index (χ1n) is 6.56. The molecule has 2 aromatic rings. The maximum Gasteiger partial charge on any atom is 0.132 e. The third-order valence-electron chi connectivity index (χ3n) is 3.64. The number of hydrogen-bond acceptors (Lipinski definition) is 2. The van der Waals surface area contributed by atoms with Crippen LogP contribution in [-0.4, -0.2) is 11.7 Å². The van der Waals surface area contributed by atoms with E-state index in [0.29, 0.717) is 17.9 Å². The number of hydrogen-bond donors (Lipinski definition) is 1. The fraction of sp³-hybridized carbons (Fsp3) is 0.250. The van der Waals surface area contributed by atoms with Gasteiger partial charge in [0.1, 0.15) is 23.5 Å². The Morgan fingerprint density at radius 1 is 1.14 bits per heavy atom. The minimum Gasteiger partial charge on any atom is -0.493 e. The van der Waals surface area contributed by atoms with Gasteiger partial charge < -0.3 is 9.84 Å². The molecule has 1 unspecified atom stereocenters. The Balaban J connectivity index is 2.11. The summed E-state index contributed by atoms with van der Waals surface area (Å²) in [6.07, 6.45) is -0.451. The van der Waals surface area contributed by atoms with E-state index >= 15 is 0 Å². The zero-order chi connectivity index (χ0) is 15.1. The topological polar surface area (TPSA) is 29.5 Å². The molecule has 21 heavy (non-hydrogen) atoms. The van der Waals surface area contributed by atoms with Crippen LogP contribution < -0.4 is 4.74 Å². The molecular formula is C16H13BrF2O2. The maximum absolute atomic E-state index is 14.0. The van der Waals surface area contributed by atoms with Crippen molar-refractivity contribution in [2.45, 2.75) is 19.4 Å². The number of rotatable bonds is 2. The normalized spacial score (nSPS) is 14.7. The Kier molecular flexibility index (Phi) is 3.71. The molecule has 110 valence electrons. The minimum absolute atomic E-state index is 0.0460. The summed E-state index contributed by atoms with van der Waals surface area (Å²) in [6.45, 7) is 2.07. The maximum atomic E-state index is 14.0. The second kappa shape index (κ2) is 5.39. The third-order valence-corrected chi connectivity index (χ3v) is 4.10. The summed E-state index contributed by atoms with van der Waals surface area (Å²) in [7, 11) is 0. The van der Waals surface area contributed by atoms with Crippen LogP contribution in [0.1, 0.15) is 28.4 Å². The lowest BCUT2D eigenvalue weighted by Crippen LogP contribution is -2.06. The highest BCUT2D eigenvalue weighted by Crippen LogP contribution is 2.39. The van der Waals surface area contributed by atoms with Crippen LogP contribution in [0.2, 0.25) is 0 Å². The first-order valence-corrected chi connectivity index (χ1v) is 7.35. The zero-order valence-electron chi connectivity index (χ0n) is 11.3. The van der Waals surface area contributed by atoms with Crippen LogP contribution in [0.5, 0.6) is 5.75 Å². The predicted octanol–water partition coefficient (Wildman–Crippen LogP) is 4.05. The fourth-order valence-electron chi connectivity index (χ4n) is 2.56. The highest BCUT2D eigenvalue weighted by atomic mass is 79.9. The number of ether oxygens (including phenoxy) is 1. The van der Waals surface area contributed by atoms with Crippen LogP contribution in [0.3, 0.4) is 0 Å². The van der Waals surface area contributed by atoms with Crippen molar-refractivity contribution in [2.24, 2.45) is 0 Å². The summed E-state index contributed by atoms with van der Waals surface area (Å²) in [4.78, 5) is 0. The van der Waals surface area contributed by atoms with Gasteiger partial charge in [0.05, 0.1) is 6.61 Å². The van der Waals surface area contributed by atoms with E-state index in [9.17, 15) is 13.9 Å². The number of aliphatic hydroxyl groups excluding tert-OH is 1. The summed E-state index contributed by atoms with van der Waals surface area (Å²) in [5, 5.41) is 10.5. The first-order chi connectivity index (χ1) is 9.97. The molecule has 3 rings (SSSR count). The smallest absolute Gasteiger partial charge is 0.132 e. The van der Waals surface area contributed by atoms with Gasteiger partial charge in [-0.05, 0) is 36.2 Å². The number of aliphatic hydroxyl groups is 1. The summed E-state index contributed by atoms with van der Waals surface area (Å²) >= 11 is 3.38. The lowest BCUT2D eigenvalue weighted by Gasteiger charge is -2.17. The Bertz CT molecular complexity index is 716. The third kappa shape index (κ3) is 2.56. The number of benzene rings is 2. The van der Waals surface area contributed by atoms with Crippen molar-refractivity contribution >= 4 is 15.9 Å². The summed E-state index contributed by atoms with van der Waals surface area (Å²) in [6, 6.07) is 5.75. The zero-order valence-corrected chi connectivity index (χ0v) is 12.9. The molecule has 1 heterocycles. The van der Waals surface area contributed by atoms with E-state index in [2.05, 4.69) is 15.9 Å². The van der Waals surface area contributed by atoms with Crippen LogP contribution in [0.15, 0.2) is 28.7 Å². The van der Waals surface area contributed by atoms with E-state index in [1.807, 2.05) is 6.07 Å². The van der Waals surface area contributed by atoms with E-state index in [1.165, 1.54) is 13.0 Å². The molecule has 0 fully saturated rings. The molecule has 0 spiro atoms. The second-order valence-corrected chi connectivity index (χ2v) is 6.02. The van der Waals surface area contributed by atoms with Crippen molar-refractivity contribution in [1.82, 2.24) is 0 Å². The molecule has 0 saturated carbocycles. The fourth-order valence-corrected chi connectivity index (χ4v) is 3.08.